The van der Waals surface area contributed by atoms with E-state index in [0.717, 1.165) is 25.7 Å². The monoisotopic (exact) mass is 342 g/mol. The zero-order valence-electron chi connectivity index (χ0n) is 14.4. The van der Waals surface area contributed by atoms with Gasteiger partial charge in [-0.2, -0.15) is 0 Å². The van der Waals surface area contributed by atoms with Crippen molar-refractivity contribution in [3.05, 3.63) is 18.3 Å². The fraction of sp³-hybridized carbons (Fsp3) is 0.500. The molecule has 1 unspecified atom stereocenters. The maximum Gasteiger partial charge on any atom is 0.268 e. The fourth-order valence-corrected chi connectivity index (χ4v) is 3.72. The SMILES string of the molecule is COc1ccc2ncc3c(c2n1)OC([C@H]1CC[C@H](N)CC1)C(=O)N3C. The van der Waals surface area contributed by atoms with Crippen molar-refractivity contribution >= 4 is 22.6 Å². The second kappa shape index (κ2) is 6.15. The second-order valence-electron chi connectivity index (χ2n) is 6.80. The van der Waals surface area contributed by atoms with Crippen LogP contribution in [0.5, 0.6) is 11.6 Å². The summed E-state index contributed by atoms with van der Waals surface area (Å²) in [5.74, 6) is 1.24. The summed E-state index contributed by atoms with van der Waals surface area (Å²) in [6.45, 7) is 0. The van der Waals surface area contributed by atoms with Crippen LogP contribution in [0.4, 0.5) is 5.69 Å². The van der Waals surface area contributed by atoms with E-state index < -0.39 is 6.10 Å². The van der Waals surface area contributed by atoms with Crippen LogP contribution in [0.25, 0.3) is 11.0 Å². The first kappa shape index (κ1) is 16.1. The van der Waals surface area contributed by atoms with Crippen LogP contribution >= 0.6 is 0 Å². The summed E-state index contributed by atoms with van der Waals surface area (Å²) in [6.07, 6.45) is 4.83. The van der Waals surface area contributed by atoms with Crippen LogP contribution in [0.2, 0.25) is 0 Å². The van der Waals surface area contributed by atoms with Crippen LogP contribution in [0.1, 0.15) is 25.7 Å². The molecule has 7 heteroatoms. The van der Waals surface area contributed by atoms with Crippen LogP contribution in [0.15, 0.2) is 18.3 Å². The van der Waals surface area contributed by atoms with E-state index in [4.69, 9.17) is 15.2 Å². The molecule has 1 aliphatic carbocycles. The Morgan fingerprint density at radius 3 is 2.76 bits per heavy atom. The number of nitrogens with two attached hydrogens (primary N) is 1. The number of methoxy groups -OCH3 is 1. The quantitative estimate of drug-likeness (QED) is 0.896. The number of pyridine rings is 2. The summed E-state index contributed by atoms with van der Waals surface area (Å²) in [7, 11) is 3.33. The minimum atomic E-state index is -0.497. The number of hydrogen-bond acceptors (Lipinski definition) is 6. The molecule has 25 heavy (non-hydrogen) atoms. The molecule has 2 aliphatic rings. The standard InChI is InChI=1S/C18H22N4O3/c1-22-13-9-20-12-7-8-14(24-2)21-15(12)17(13)25-16(18(22)23)10-3-5-11(19)6-4-10/h7-11,16H,3-6,19H2,1-2H3/t10-,11-,16?. The number of rotatable bonds is 2. The first-order chi connectivity index (χ1) is 12.1. The molecular formula is C18H22N4O3. The highest BCUT2D eigenvalue weighted by Gasteiger charge is 2.40. The molecule has 1 atom stereocenters. The minimum absolute atomic E-state index is 0.0305. The van der Waals surface area contributed by atoms with Gasteiger partial charge in [0.2, 0.25) is 5.88 Å². The summed E-state index contributed by atoms with van der Waals surface area (Å²) >= 11 is 0. The molecule has 2 N–H and O–H groups in total. The minimum Gasteiger partial charge on any atom is -0.481 e. The lowest BCUT2D eigenvalue weighted by molar-refractivity contribution is -0.129. The van der Waals surface area contributed by atoms with E-state index in [2.05, 4.69) is 9.97 Å². The maximum atomic E-state index is 12.8. The number of ether oxygens (including phenoxy) is 2. The number of nitrogens with zero attached hydrogens (tertiary/aromatic N) is 3. The van der Waals surface area contributed by atoms with Crippen LogP contribution in [0.3, 0.4) is 0 Å². The number of carbonyl (C=O) groups is 1. The molecule has 1 saturated carbocycles. The van der Waals surface area contributed by atoms with E-state index in [9.17, 15) is 4.79 Å². The van der Waals surface area contributed by atoms with Crippen LogP contribution in [-0.4, -0.2) is 42.2 Å². The van der Waals surface area contributed by atoms with Crippen LogP contribution < -0.4 is 20.1 Å². The number of likely N-dealkylation sites (N-methyl/N-ethyl adjacent to an activating group) is 1. The molecule has 0 radical (unpaired) electrons. The number of anilines is 1. The lowest BCUT2D eigenvalue weighted by Crippen LogP contribution is -2.49. The second-order valence-corrected chi connectivity index (χ2v) is 6.80. The van der Waals surface area contributed by atoms with E-state index in [1.165, 1.54) is 0 Å². The molecule has 4 rings (SSSR count). The largest absolute Gasteiger partial charge is 0.481 e. The molecule has 1 amide bonds. The lowest BCUT2D eigenvalue weighted by Gasteiger charge is -2.38. The highest BCUT2D eigenvalue weighted by molar-refractivity contribution is 6.03. The summed E-state index contributed by atoms with van der Waals surface area (Å²) in [5, 5.41) is 0. The first-order valence-electron chi connectivity index (χ1n) is 8.62. The van der Waals surface area contributed by atoms with Crippen molar-refractivity contribution in [2.24, 2.45) is 11.7 Å². The van der Waals surface area contributed by atoms with Crippen LogP contribution in [-0.2, 0) is 4.79 Å². The van der Waals surface area contributed by atoms with E-state index in [-0.39, 0.29) is 17.9 Å². The molecule has 1 fully saturated rings. The summed E-state index contributed by atoms with van der Waals surface area (Å²) < 4.78 is 11.4. The first-order valence-corrected chi connectivity index (χ1v) is 8.62. The zero-order valence-corrected chi connectivity index (χ0v) is 14.4. The molecule has 7 nitrogen and oxygen atoms in total. The normalized spacial score (nSPS) is 26.3. The molecule has 132 valence electrons. The van der Waals surface area contributed by atoms with Gasteiger partial charge in [-0.05, 0) is 31.7 Å². The van der Waals surface area contributed by atoms with Gasteiger partial charge < -0.3 is 20.1 Å². The Bertz CT molecular complexity index is 817. The molecule has 0 saturated heterocycles. The van der Waals surface area contributed by atoms with Gasteiger partial charge >= 0.3 is 0 Å². The van der Waals surface area contributed by atoms with Gasteiger partial charge in [0.15, 0.2) is 11.9 Å². The Kier molecular flexibility index (Phi) is 3.95. The molecule has 1 aliphatic heterocycles. The molecule has 2 aromatic heterocycles. The Hall–Kier alpha value is -2.41. The van der Waals surface area contributed by atoms with Crippen molar-refractivity contribution in [3.8, 4) is 11.6 Å². The molecule has 2 aromatic rings. The van der Waals surface area contributed by atoms with Gasteiger partial charge in [-0.1, -0.05) is 0 Å². The Balaban J connectivity index is 1.76. The van der Waals surface area contributed by atoms with Crippen molar-refractivity contribution in [2.75, 3.05) is 19.1 Å². The van der Waals surface area contributed by atoms with Crippen molar-refractivity contribution in [2.45, 2.75) is 37.8 Å². The number of aromatic nitrogens is 2. The Morgan fingerprint density at radius 1 is 1.28 bits per heavy atom. The van der Waals surface area contributed by atoms with Gasteiger partial charge in [0, 0.05) is 25.1 Å². The summed E-state index contributed by atoms with van der Waals surface area (Å²) in [5.41, 5.74) is 7.98. The topological polar surface area (TPSA) is 90.6 Å². The van der Waals surface area contributed by atoms with Crippen molar-refractivity contribution in [1.29, 1.82) is 0 Å². The third kappa shape index (κ3) is 2.68. The zero-order chi connectivity index (χ0) is 17.6. The molecular weight excluding hydrogens is 320 g/mol. The lowest BCUT2D eigenvalue weighted by atomic mass is 9.82. The van der Waals surface area contributed by atoms with Gasteiger partial charge in [-0.3, -0.25) is 9.78 Å². The van der Waals surface area contributed by atoms with Crippen molar-refractivity contribution < 1.29 is 14.3 Å². The van der Waals surface area contributed by atoms with Crippen LogP contribution in [0, 0.1) is 5.92 Å². The van der Waals surface area contributed by atoms with E-state index in [0.29, 0.717) is 28.4 Å². The van der Waals surface area contributed by atoms with Gasteiger partial charge in [-0.25, -0.2) is 4.98 Å². The van der Waals surface area contributed by atoms with Crippen molar-refractivity contribution in [3.63, 3.8) is 0 Å². The predicted octanol–water partition coefficient (Wildman–Crippen LogP) is 1.88. The Morgan fingerprint density at radius 2 is 2.04 bits per heavy atom. The van der Waals surface area contributed by atoms with E-state index in [1.54, 1.807) is 31.3 Å². The van der Waals surface area contributed by atoms with Gasteiger partial charge in [0.05, 0.1) is 18.8 Å². The average Bonchev–Trinajstić information content (AvgIpc) is 2.64. The third-order valence-electron chi connectivity index (χ3n) is 5.26. The summed E-state index contributed by atoms with van der Waals surface area (Å²) in [6, 6.07) is 3.84. The average molecular weight is 342 g/mol. The fourth-order valence-electron chi connectivity index (χ4n) is 3.72. The third-order valence-corrected chi connectivity index (χ3v) is 5.26. The number of amides is 1. The molecule has 0 aromatic carbocycles. The van der Waals surface area contributed by atoms with Gasteiger partial charge in [0.1, 0.15) is 11.2 Å². The van der Waals surface area contributed by atoms with Gasteiger partial charge in [0.25, 0.3) is 5.91 Å². The maximum absolute atomic E-state index is 12.8. The Labute approximate surface area is 146 Å². The van der Waals surface area contributed by atoms with E-state index in [1.807, 2.05) is 6.07 Å². The number of carbonyl (C=O) groups excluding carboxylic acids is 1. The number of hydrogen-bond donors (Lipinski definition) is 1. The molecule has 3 heterocycles. The van der Waals surface area contributed by atoms with Crippen molar-refractivity contribution in [1.82, 2.24) is 9.97 Å². The molecule has 0 bridgehead atoms. The van der Waals surface area contributed by atoms with E-state index >= 15 is 0 Å². The van der Waals surface area contributed by atoms with Gasteiger partial charge in [-0.15, -0.1) is 0 Å². The predicted molar refractivity (Wildman–Crippen MR) is 93.8 cm³/mol. The number of fused-ring (bicyclic) bond motifs is 3. The highest BCUT2D eigenvalue weighted by atomic mass is 16.5. The molecule has 0 spiro atoms. The smallest absolute Gasteiger partial charge is 0.268 e. The summed E-state index contributed by atoms with van der Waals surface area (Å²) in [4.78, 5) is 23.3. The highest BCUT2D eigenvalue weighted by Crippen LogP contribution is 2.41.